The van der Waals surface area contributed by atoms with Crippen molar-refractivity contribution in [1.82, 2.24) is 14.7 Å². The summed E-state index contributed by atoms with van der Waals surface area (Å²) in [5.74, 6) is -2.49. The van der Waals surface area contributed by atoms with Gasteiger partial charge in [-0.2, -0.15) is 0 Å². The lowest BCUT2D eigenvalue weighted by Crippen LogP contribution is -2.53. The van der Waals surface area contributed by atoms with Gasteiger partial charge >= 0.3 is 17.9 Å². The van der Waals surface area contributed by atoms with Crippen molar-refractivity contribution in [3.63, 3.8) is 0 Å². The van der Waals surface area contributed by atoms with Crippen molar-refractivity contribution < 1.29 is 42.1 Å². The second-order valence-corrected chi connectivity index (χ2v) is 15.3. The van der Waals surface area contributed by atoms with Crippen LogP contribution in [0.3, 0.4) is 0 Å². The first kappa shape index (κ1) is 33.1. The predicted molar refractivity (Wildman–Crippen MR) is 153 cm³/mol. The molecule has 1 saturated carbocycles. The van der Waals surface area contributed by atoms with E-state index in [1.54, 1.807) is 25.3 Å². The Kier molecular flexibility index (Phi) is 10.9. The van der Waals surface area contributed by atoms with Crippen LogP contribution in [-0.4, -0.2) is 98.2 Å². The molecule has 240 valence electrons. The summed E-state index contributed by atoms with van der Waals surface area (Å²) in [5, 5.41) is 11.2. The Morgan fingerprint density at radius 2 is 1.71 bits per heavy atom. The number of carboxylic acid groups (broad SMARTS) is 1. The maximum absolute atomic E-state index is 14.0. The van der Waals surface area contributed by atoms with Gasteiger partial charge in [-0.3, -0.25) is 19.8 Å². The number of aliphatic carboxylic acids is 1. The lowest BCUT2D eigenvalue weighted by atomic mass is 9.70. The smallest absolute Gasteiger partial charge is 0.314 e. The van der Waals surface area contributed by atoms with Crippen molar-refractivity contribution in [2.45, 2.75) is 96.0 Å². The highest BCUT2D eigenvalue weighted by molar-refractivity contribution is 7.89. The van der Waals surface area contributed by atoms with Gasteiger partial charge < -0.3 is 19.3 Å². The van der Waals surface area contributed by atoms with Gasteiger partial charge in [0.2, 0.25) is 16.8 Å². The third-order valence-corrected chi connectivity index (χ3v) is 12.7. The predicted octanol–water partition coefficient (Wildman–Crippen LogP) is 2.38. The van der Waals surface area contributed by atoms with E-state index in [1.165, 1.54) is 0 Å². The molecule has 12 nitrogen and oxygen atoms in total. The fourth-order valence-electron chi connectivity index (χ4n) is 7.17. The molecule has 0 amide bonds. The molecule has 0 bridgehead atoms. The van der Waals surface area contributed by atoms with E-state index in [-0.39, 0.29) is 42.7 Å². The van der Waals surface area contributed by atoms with Gasteiger partial charge in [0.15, 0.2) is 0 Å². The van der Waals surface area contributed by atoms with E-state index in [1.807, 2.05) is 6.92 Å². The Labute approximate surface area is 249 Å². The zero-order valence-corrected chi connectivity index (χ0v) is 26.3. The lowest BCUT2D eigenvalue weighted by Gasteiger charge is -2.45. The summed E-state index contributed by atoms with van der Waals surface area (Å²) in [6.45, 7) is 7.16. The molecule has 3 heterocycles. The minimum atomic E-state index is -3.70. The molecular weight excluding hydrogens is 566 g/mol. The summed E-state index contributed by atoms with van der Waals surface area (Å²) in [6.07, 6.45) is 4.80. The SMILES string of the molecule is CCC(C)(C)C(=O)OCOC(=O)CC1CNN2CCC(C3CCC(C(=O)O)CC3S(=O)(=O)N3CCC(OC)CC3)CC12. The number of sulfonamides is 1. The summed E-state index contributed by atoms with van der Waals surface area (Å²) in [4.78, 5) is 36.7. The second kappa shape index (κ2) is 13.9. The highest BCUT2D eigenvalue weighted by atomic mass is 32.2. The van der Waals surface area contributed by atoms with E-state index in [0.29, 0.717) is 51.7 Å². The number of hydrazine groups is 1. The number of piperidine rings is 2. The number of nitrogens with one attached hydrogen (secondary N) is 1. The van der Waals surface area contributed by atoms with Gasteiger partial charge in [0.05, 0.1) is 29.1 Å². The second-order valence-electron chi connectivity index (χ2n) is 13.1. The summed E-state index contributed by atoms with van der Waals surface area (Å²) in [7, 11) is -2.05. The number of methoxy groups -OCH3 is 1. The number of ether oxygens (including phenoxy) is 3. The molecule has 2 N–H and O–H groups in total. The first-order chi connectivity index (χ1) is 19.9. The molecule has 4 fully saturated rings. The van der Waals surface area contributed by atoms with Crippen LogP contribution in [0.4, 0.5) is 0 Å². The standard InChI is InChI=1S/C29H49N3O9S/c1-5-29(2,3)28(36)41-18-40-26(33)16-21-17-30-32-13-8-19(14-24(21)32)23-7-6-20(27(34)35)15-25(23)42(37,38)31-11-9-22(39-4)10-12-31/h19-25,30H,5-18H2,1-4H3,(H,34,35). The number of esters is 2. The maximum atomic E-state index is 14.0. The minimum absolute atomic E-state index is 0.0263. The highest BCUT2D eigenvalue weighted by Gasteiger charge is 2.50. The normalized spacial score (nSPS) is 31.8. The van der Waals surface area contributed by atoms with E-state index >= 15 is 0 Å². The molecular formula is C29H49N3O9S. The van der Waals surface area contributed by atoms with Crippen LogP contribution < -0.4 is 5.43 Å². The number of hydrogen-bond donors (Lipinski definition) is 2. The Morgan fingerprint density at radius 1 is 1.00 bits per heavy atom. The average molecular weight is 616 g/mol. The topological polar surface area (TPSA) is 152 Å². The van der Waals surface area contributed by atoms with Crippen molar-refractivity contribution in [3.05, 3.63) is 0 Å². The van der Waals surface area contributed by atoms with Gasteiger partial charge in [0, 0.05) is 45.2 Å². The van der Waals surface area contributed by atoms with Gasteiger partial charge in [-0.25, -0.2) is 17.7 Å². The van der Waals surface area contributed by atoms with Crippen LogP contribution in [0.2, 0.25) is 0 Å². The average Bonchev–Trinajstić information content (AvgIpc) is 3.38. The van der Waals surface area contributed by atoms with Gasteiger partial charge in [-0.1, -0.05) is 6.92 Å². The van der Waals surface area contributed by atoms with E-state index < -0.39 is 51.3 Å². The number of carbonyl (C=O) groups is 3. The molecule has 6 atom stereocenters. The van der Waals surface area contributed by atoms with E-state index in [2.05, 4.69) is 10.4 Å². The number of carboxylic acids is 1. The molecule has 6 unspecified atom stereocenters. The lowest BCUT2D eigenvalue weighted by molar-refractivity contribution is -0.174. The Bertz CT molecular complexity index is 1080. The monoisotopic (exact) mass is 615 g/mol. The van der Waals surface area contributed by atoms with Crippen LogP contribution in [0, 0.1) is 29.1 Å². The first-order valence-corrected chi connectivity index (χ1v) is 16.9. The number of fused-ring (bicyclic) bond motifs is 1. The van der Waals surface area contributed by atoms with Crippen molar-refractivity contribution in [3.8, 4) is 0 Å². The molecule has 4 aliphatic rings. The van der Waals surface area contributed by atoms with Gasteiger partial charge in [0.25, 0.3) is 0 Å². The molecule has 1 aliphatic carbocycles. The zero-order chi connectivity index (χ0) is 30.7. The number of hydrogen-bond acceptors (Lipinski definition) is 10. The fourth-order valence-corrected chi connectivity index (χ4v) is 9.55. The molecule has 0 aromatic heterocycles. The quantitative estimate of drug-likeness (QED) is 0.260. The van der Waals surface area contributed by atoms with E-state index in [0.717, 1.165) is 19.4 Å². The van der Waals surface area contributed by atoms with Crippen molar-refractivity contribution >= 4 is 27.9 Å². The molecule has 4 rings (SSSR count). The Hall–Kier alpha value is -1.80. The van der Waals surface area contributed by atoms with Gasteiger partial charge in [-0.15, -0.1) is 0 Å². The Balaban J connectivity index is 1.40. The van der Waals surface area contributed by atoms with Crippen LogP contribution in [0.5, 0.6) is 0 Å². The molecule has 0 aromatic carbocycles. The molecule has 3 saturated heterocycles. The van der Waals surface area contributed by atoms with E-state index in [9.17, 15) is 27.9 Å². The maximum Gasteiger partial charge on any atom is 0.314 e. The summed E-state index contributed by atoms with van der Waals surface area (Å²) in [6, 6.07) is 0.0378. The van der Waals surface area contributed by atoms with Crippen molar-refractivity contribution in [2.75, 3.05) is 40.1 Å². The van der Waals surface area contributed by atoms with Crippen LogP contribution in [-0.2, 0) is 38.6 Å². The van der Waals surface area contributed by atoms with Crippen LogP contribution in [0.1, 0.15) is 78.6 Å². The zero-order valence-electron chi connectivity index (χ0n) is 25.5. The van der Waals surface area contributed by atoms with Crippen LogP contribution in [0.25, 0.3) is 0 Å². The summed E-state index contributed by atoms with van der Waals surface area (Å²) >= 11 is 0. The summed E-state index contributed by atoms with van der Waals surface area (Å²) in [5.41, 5.74) is 2.74. The molecule has 0 spiro atoms. The largest absolute Gasteiger partial charge is 0.481 e. The van der Waals surface area contributed by atoms with E-state index in [4.69, 9.17) is 14.2 Å². The molecule has 0 aromatic rings. The van der Waals surface area contributed by atoms with Crippen molar-refractivity contribution in [2.24, 2.45) is 29.1 Å². The number of carbonyl (C=O) groups excluding carboxylic acids is 2. The molecule has 0 radical (unpaired) electrons. The molecule has 3 aliphatic heterocycles. The Morgan fingerprint density at radius 3 is 2.36 bits per heavy atom. The van der Waals surface area contributed by atoms with Gasteiger partial charge in [0.1, 0.15) is 0 Å². The fraction of sp³-hybridized carbons (Fsp3) is 0.897. The minimum Gasteiger partial charge on any atom is -0.481 e. The number of nitrogens with zero attached hydrogens (tertiary/aromatic N) is 2. The van der Waals surface area contributed by atoms with Gasteiger partial charge in [-0.05, 0) is 77.0 Å². The van der Waals surface area contributed by atoms with Crippen LogP contribution in [0.15, 0.2) is 0 Å². The summed E-state index contributed by atoms with van der Waals surface area (Å²) < 4.78 is 45.4. The third-order valence-electron chi connectivity index (χ3n) is 10.3. The molecule has 42 heavy (non-hydrogen) atoms. The van der Waals surface area contributed by atoms with Crippen molar-refractivity contribution in [1.29, 1.82) is 0 Å². The third kappa shape index (κ3) is 7.46. The molecule has 13 heteroatoms. The van der Waals surface area contributed by atoms with Crippen LogP contribution >= 0.6 is 0 Å². The number of rotatable bonds is 11. The highest BCUT2D eigenvalue weighted by Crippen LogP contribution is 2.45. The first-order valence-electron chi connectivity index (χ1n) is 15.4.